The molecule has 2 aromatic rings. The Morgan fingerprint density at radius 1 is 0.833 bits per heavy atom. The van der Waals surface area contributed by atoms with Gasteiger partial charge in [0, 0.05) is 0 Å². The minimum Gasteiger partial charge on any atom is -0.147 e. The number of benzene rings is 2. The van der Waals surface area contributed by atoms with Crippen LogP contribution in [0.25, 0.3) is 17.2 Å². The first kappa shape index (κ1) is 25.7. The summed E-state index contributed by atoms with van der Waals surface area (Å²) in [6.07, 6.45) is 6.23. The molecular weight excluding hydrogens is 443 g/mol. The standard InChI is InChI=1S/C27H33.2ClH.Ti/c1-17-11-19-13-18-9-8-10-23(18)25(24(19)12-17)20-14-21(26(2,3)4)16-22(15-20)27(5,6)7;;;/h11-16H,8-10H2,1-7H3;2*1H;. The van der Waals surface area contributed by atoms with E-state index in [0.29, 0.717) is 4.22 Å². The first-order valence-electron chi connectivity index (χ1n) is 10.7. The Labute approximate surface area is 207 Å². The summed E-state index contributed by atoms with van der Waals surface area (Å²) in [6.45, 7) is 16.3. The van der Waals surface area contributed by atoms with Gasteiger partial charge in [0.25, 0.3) is 0 Å². The van der Waals surface area contributed by atoms with Crippen LogP contribution < -0.4 is 0 Å². The average molecular weight is 478 g/mol. The van der Waals surface area contributed by atoms with E-state index in [1.807, 2.05) is 0 Å². The van der Waals surface area contributed by atoms with E-state index in [2.05, 4.69) is 99.2 Å². The summed E-state index contributed by atoms with van der Waals surface area (Å²) in [5.74, 6) is 0. The molecule has 161 valence electrons. The monoisotopic (exact) mass is 477 g/mol. The van der Waals surface area contributed by atoms with Crippen LogP contribution in [0.3, 0.4) is 0 Å². The molecule has 0 fully saturated rings. The van der Waals surface area contributed by atoms with Crippen LogP contribution in [0.2, 0.25) is 0 Å². The minimum atomic E-state index is 0. The van der Waals surface area contributed by atoms with Crippen molar-refractivity contribution in [1.29, 1.82) is 0 Å². The normalized spacial score (nSPS) is 17.5. The van der Waals surface area contributed by atoms with Crippen molar-refractivity contribution in [2.75, 3.05) is 0 Å². The van der Waals surface area contributed by atoms with Gasteiger partial charge >= 0.3 is 184 Å². The molecule has 0 bridgehead atoms. The summed E-state index contributed by atoms with van der Waals surface area (Å²) < 4.78 is 0.549. The number of hydrogen-bond donors (Lipinski definition) is 0. The van der Waals surface area contributed by atoms with E-state index < -0.39 is 0 Å². The summed E-state index contributed by atoms with van der Waals surface area (Å²) in [7, 11) is 0. The molecule has 0 radical (unpaired) electrons. The molecule has 0 nitrogen and oxygen atoms in total. The summed E-state index contributed by atoms with van der Waals surface area (Å²) in [5, 5.41) is 0. The fourth-order valence-electron chi connectivity index (χ4n) is 4.70. The third-order valence-corrected chi connectivity index (χ3v) is 7.76. The van der Waals surface area contributed by atoms with Crippen molar-refractivity contribution in [2.24, 2.45) is 0 Å². The van der Waals surface area contributed by atoms with Gasteiger partial charge < -0.3 is 0 Å². The van der Waals surface area contributed by atoms with Gasteiger partial charge in [-0.3, -0.25) is 0 Å². The molecule has 0 saturated carbocycles. The Bertz CT molecular complexity index is 955. The molecule has 0 saturated heterocycles. The molecule has 1 atom stereocenters. The van der Waals surface area contributed by atoms with Crippen LogP contribution in [0.5, 0.6) is 0 Å². The van der Waals surface area contributed by atoms with Crippen molar-refractivity contribution in [3.63, 3.8) is 0 Å². The first-order chi connectivity index (χ1) is 13.0. The molecule has 2 aliphatic rings. The third kappa shape index (κ3) is 4.49. The Balaban J connectivity index is 0.00000160. The van der Waals surface area contributed by atoms with E-state index in [-0.39, 0.29) is 35.6 Å². The maximum Gasteiger partial charge on any atom is -0.147 e. The molecule has 0 amide bonds. The van der Waals surface area contributed by atoms with E-state index >= 15 is 0 Å². The van der Waals surface area contributed by atoms with Gasteiger partial charge in [-0.15, -0.1) is 24.8 Å². The Hall–Kier alpha value is -0.526. The maximum atomic E-state index is 2.52. The zero-order chi connectivity index (χ0) is 20.4. The number of hydrogen-bond acceptors (Lipinski definition) is 0. The van der Waals surface area contributed by atoms with Crippen LogP contribution in [-0.4, -0.2) is 0 Å². The topological polar surface area (TPSA) is 0 Å². The van der Waals surface area contributed by atoms with Crippen molar-refractivity contribution >= 4 is 30.9 Å². The van der Waals surface area contributed by atoms with Crippen molar-refractivity contribution < 1.29 is 20.4 Å². The fourth-order valence-corrected chi connectivity index (χ4v) is 5.21. The largest absolute Gasteiger partial charge is 0.147 e. The van der Waals surface area contributed by atoms with E-state index in [1.54, 1.807) is 16.7 Å². The molecule has 30 heavy (non-hydrogen) atoms. The smallest absolute Gasteiger partial charge is 0.147 e. The van der Waals surface area contributed by atoms with Gasteiger partial charge in [0.05, 0.1) is 0 Å². The van der Waals surface area contributed by atoms with E-state index in [9.17, 15) is 0 Å². The predicted molar refractivity (Wildman–Crippen MR) is 132 cm³/mol. The zero-order valence-electron chi connectivity index (χ0n) is 19.4. The second kappa shape index (κ2) is 8.78. The number of halogens is 2. The molecule has 2 aromatic carbocycles. The van der Waals surface area contributed by atoms with Gasteiger partial charge in [0.2, 0.25) is 0 Å². The second-order valence-electron chi connectivity index (χ2n) is 10.9. The molecular formula is C27H35Cl2Ti. The molecule has 4 rings (SSSR count). The van der Waals surface area contributed by atoms with Gasteiger partial charge in [-0.1, -0.05) is 0 Å². The number of aryl methyl sites for hydroxylation is 1. The van der Waals surface area contributed by atoms with Crippen LogP contribution in [0.4, 0.5) is 0 Å². The summed E-state index contributed by atoms with van der Waals surface area (Å²) >= 11 is 2.37. The Kier molecular flexibility index (Phi) is 7.53. The van der Waals surface area contributed by atoms with Gasteiger partial charge in [0.1, 0.15) is 0 Å². The van der Waals surface area contributed by atoms with Gasteiger partial charge in [-0.2, -0.15) is 0 Å². The van der Waals surface area contributed by atoms with E-state index in [0.717, 1.165) is 0 Å². The molecule has 3 heteroatoms. The van der Waals surface area contributed by atoms with Crippen molar-refractivity contribution in [2.45, 2.75) is 82.8 Å². The molecule has 0 aromatic heterocycles. The second-order valence-corrected chi connectivity index (χ2v) is 11.8. The molecule has 0 spiro atoms. The third-order valence-electron chi connectivity index (χ3n) is 6.56. The van der Waals surface area contributed by atoms with Crippen LogP contribution in [0, 0.1) is 0 Å². The predicted octanol–water partition coefficient (Wildman–Crippen LogP) is 8.29. The van der Waals surface area contributed by atoms with E-state index in [1.165, 1.54) is 52.7 Å². The van der Waals surface area contributed by atoms with Crippen molar-refractivity contribution in [3.8, 4) is 11.1 Å². The summed E-state index contributed by atoms with van der Waals surface area (Å²) in [4.78, 5) is 0. The molecule has 0 aliphatic heterocycles. The zero-order valence-corrected chi connectivity index (χ0v) is 22.6. The Morgan fingerprint density at radius 3 is 1.93 bits per heavy atom. The summed E-state index contributed by atoms with van der Waals surface area (Å²) in [6, 6.07) is 9.93. The van der Waals surface area contributed by atoms with Crippen molar-refractivity contribution in [3.05, 3.63) is 63.2 Å². The maximum absolute atomic E-state index is 2.52. The number of allylic oxidation sites excluding steroid dienone is 1. The van der Waals surface area contributed by atoms with Gasteiger partial charge in [-0.05, 0) is 0 Å². The molecule has 2 aliphatic carbocycles. The van der Waals surface area contributed by atoms with Crippen LogP contribution in [-0.2, 0) is 44.1 Å². The number of rotatable bonds is 1. The minimum absolute atomic E-state index is 0. The quantitative estimate of drug-likeness (QED) is 0.362. The van der Waals surface area contributed by atoms with Crippen LogP contribution in [0.1, 0.15) is 92.5 Å². The van der Waals surface area contributed by atoms with Gasteiger partial charge in [0.15, 0.2) is 0 Å². The van der Waals surface area contributed by atoms with Gasteiger partial charge in [-0.25, -0.2) is 0 Å². The summed E-state index contributed by atoms with van der Waals surface area (Å²) in [5.41, 5.74) is 13.9. The first-order valence-corrected chi connectivity index (χ1v) is 11.6. The van der Waals surface area contributed by atoms with E-state index in [4.69, 9.17) is 0 Å². The molecule has 0 N–H and O–H groups in total. The fraction of sp³-hybridized carbons (Fsp3) is 0.481. The Morgan fingerprint density at radius 2 is 1.40 bits per heavy atom. The molecule has 1 unspecified atom stereocenters. The SMILES string of the molecule is CC1=Cc2c(cc3c(c2-c2cc(C(C)(C)C)cc(C(C)(C)C)c2)CCC3)[CH]1[Ti].Cl.Cl. The molecule has 0 heterocycles. The van der Waals surface area contributed by atoms with Crippen molar-refractivity contribution in [1.82, 2.24) is 0 Å². The average Bonchev–Trinajstić information content (AvgIpc) is 3.16. The van der Waals surface area contributed by atoms with Crippen LogP contribution in [0.15, 0.2) is 29.8 Å². The van der Waals surface area contributed by atoms with Crippen LogP contribution >= 0.6 is 24.8 Å². The number of fused-ring (bicyclic) bond motifs is 2.